The van der Waals surface area contributed by atoms with Gasteiger partial charge < -0.3 is 5.32 Å². The number of nitrogens with zero attached hydrogens (tertiary/aromatic N) is 2. The molecule has 0 bridgehead atoms. The molecule has 1 aromatic carbocycles. The van der Waals surface area contributed by atoms with Crippen molar-refractivity contribution in [2.75, 3.05) is 12.8 Å². The summed E-state index contributed by atoms with van der Waals surface area (Å²) in [6.07, 6.45) is 1.85. The predicted octanol–water partition coefficient (Wildman–Crippen LogP) is 3.61. The van der Waals surface area contributed by atoms with Gasteiger partial charge in [0, 0.05) is 23.4 Å². The van der Waals surface area contributed by atoms with Crippen molar-refractivity contribution in [1.29, 1.82) is 0 Å². The Morgan fingerprint density at radius 3 is 2.84 bits per heavy atom. The Kier molecular flexibility index (Phi) is 5.31. The third-order valence-corrected chi connectivity index (χ3v) is 4.61. The highest BCUT2D eigenvalue weighted by Gasteiger charge is 2.14. The molecule has 0 saturated heterocycles. The van der Waals surface area contributed by atoms with Crippen LogP contribution in [0.2, 0.25) is 5.02 Å². The highest BCUT2D eigenvalue weighted by Crippen LogP contribution is 2.29. The molecule has 0 spiro atoms. The van der Waals surface area contributed by atoms with Crippen LogP contribution in [0, 0.1) is 0 Å². The minimum Gasteiger partial charge on any atom is -0.311 e. The summed E-state index contributed by atoms with van der Waals surface area (Å²) >= 11 is 7.94. The van der Waals surface area contributed by atoms with Gasteiger partial charge in [-0.15, -0.1) is 11.8 Å². The van der Waals surface area contributed by atoms with Crippen LogP contribution >= 0.6 is 23.4 Å². The molecule has 0 amide bonds. The summed E-state index contributed by atoms with van der Waals surface area (Å²) in [6.45, 7) is 2.99. The quantitative estimate of drug-likeness (QED) is 0.826. The fraction of sp³-hybridized carbons (Fsp3) is 0.357. The van der Waals surface area contributed by atoms with Gasteiger partial charge in [0.1, 0.15) is 0 Å². The maximum atomic E-state index is 6.18. The Balaban J connectivity index is 2.06. The molecular weight excluding hydrogens is 278 g/mol. The number of aryl methyl sites for hydroxylation is 1. The van der Waals surface area contributed by atoms with Gasteiger partial charge in [0.05, 0.1) is 16.8 Å². The summed E-state index contributed by atoms with van der Waals surface area (Å²) in [7, 11) is 1.98. The van der Waals surface area contributed by atoms with Crippen LogP contribution in [0.25, 0.3) is 0 Å². The Morgan fingerprint density at radius 2 is 2.16 bits per heavy atom. The molecule has 1 unspecified atom stereocenters. The number of rotatable bonds is 6. The van der Waals surface area contributed by atoms with E-state index in [2.05, 4.69) is 29.5 Å². The summed E-state index contributed by atoms with van der Waals surface area (Å²) < 4.78 is 2.02. The summed E-state index contributed by atoms with van der Waals surface area (Å²) in [6, 6.07) is 10.3. The van der Waals surface area contributed by atoms with E-state index in [1.165, 1.54) is 5.69 Å². The van der Waals surface area contributed by atoms with Gasteiger partial charge in [-0.2, -0.15) is 5.10 Å². The minimum absolute atomic E-state index is 0.267. The lowest BCUT2D eigenvalue weighted by Crippen LogP contribution is -2.22. The SMILES string of the molecule is CCn1nccc1C(CSc1ccccc1Cl)NC. The van der Waals surface area contributed by atoms with Gasteiger partial charge in [-0.05, 0) is 32.2 Å². The zero-order chi connectivity index (χ0) is 13.7. The summed E-state index contributed by atoms with van der Waals surface area (Å²) in [5.74, 6) is 0.923. The zero-order valence-corrected chi connectivity index (χ0v) is 12.7. The molecule has 5 heteroatoms. The van der Waals surface area contributed by atoms with E-state index in [9.17, 15) is 0 Å². The average molecular weight is 296 g/mol. The van der Waals surface area contributed by atoms with Crippen LogP contribution < -0.4 is 5.32 Å². The Morgan fingerprint density at radius 1 is 1.37 bits per heavy atom. The van der Waals surface area contributed by atoms with Gasteiger partial charge in [-0.25, -0.2) is 0 Å². The fourth-order valence-corrected chi connectivity index (χ4v) is 3.32. The molecule has 2 rings (SSSR count). The third kappa shape index (κ3) is 3.53. The zero-order valence-electron chi connectivity index (χ0n) is 11.1. The monoisotopic (exact) mass is 295 g/mol. The molecular formula is C14H18ClN3S. The van der Waals surface area contributed by atoms with Crippen molar-refractivity contribution in [2.45, 2.75) is 24.4 Å². The van der Waals surface area contributed by atoms with Gasteiger partial charge in [0.25, 0.3) is 0 Å². The Hall–Kier alpha value is -0.970. The lowest BCUT2D eigenvalue weighted by atomic mass is 10.2. The third-order valence-electron chi connectivity index (χ3n) is 3.00. The van der Waals surface area contributed by atoms with Crippen LogP contribution in [-0.2, 0) is 6.54 Å². The molecule has 1 heterocycles. The van der Waals surface area contributed by atoms with Crippen LogP contribution in [-0.4, -0.2) is 22.6 Å². The van der Waals surface area contributed by atoms with Gasteiger partial charge in [0.2, 0.25) is 0 Å². The van der Waals surface area contributed by atoms with Crippen LogP contribution in [0.5, 0.6) is 0 Å². The second-order valence-corrected chi connectivity index (χ2v) is 5.62. The van der Waals surface area contributed by atoms with Crippen molar-refractivity contribution in [3.8, 4) is 0 Å². The predicted molar refractivity (Wildman–Crippen MR) is 81.9 cm³/mol. The molecule has 0 fully saturated rings. The molecule has 2 aromatic rings. The van der Waals surface area contributed by atoms with Gasteiger partial charge in [0.15, 0.2) is 0 Å². The summed E-state index contributed by atoms with van der Waals surface area (Å²) in [5.41, 5.74) is 1.21. The first kappa shape index (κ1) is 14.4. The molecule has 0 aliphatic carbocycles. The molecule has 0 aliphatic heterocycles. The number of hydrogen-bond donors (Lipinski definition) is 1. The average Bonchev–Trinajstić information content (AvgIpc) is 2.90. The molecule has 0 radical (unpaired) electrons. The van der Waals surface area contributed by atoms with E-state index in [4.69, 9.17) is 11.6 Å². The molecule has 0 aliphatic rings. The Labute approximate surface area is 123 Å². The highest BCUT2D eigenvalue weighted by atomic mass is 35.5. The largest absolute Gasteiger partial charge is 0.311 e. The van der Waals surface area contributed by atoms with Crippen molar-refractivity contribution < 1.29 is 0 Å². The number of aromatic nitrogens is 2. The van der Waals surface area contributed by atoms with E-state index in [-0.39, 0.29) is 6.04 Å². The second kappa shape index (κ2) is 6.98. The normalized spacial score (nSPS) is 12.6. The highest BCUT2D eigenvalue weighted by molar-refractivity contribution is 7.99. The van der Waals surface area contributed by atoms with E-state index < -0.39 is 0 Å². The van der Waals surface area contributed by atoms with Crippen molar-refractivity contribution in [3.63, 3.8) is 0 Å². The summed E-state index contributed by atoms with van der Waals surface area (Å²) in [5, 5.41) is 8.47. The minimum atomic E-state index is 0.267. The summed E-state index contributed by atoms with van der Waals surface area (Å²) in [4.78, 5) is 1.12. The fourth-order valence-electron chi connectivity index (χ4n) is 1.95. The maximum absolute atomic E-state index is 6.18. The van der Waals surface area contributed by atoms with Gasteiger partial charge in [-0.3, -0.25) is 4.68 Å². The lowest BCUT2D eigenvalue weighted by Gasteiger charge is -2.17. The van der Waals surface area contributed by atoms with Crippen molar-refractivity contribution >= 4 is 23.4 Å². The topological polar surface area (TPSA) is 29.9 Å². The first-order valence-corrected chi connectivity index (χ1v) is 7.69. The molecule has 3 nitrogen and oxygen atoms in total. The van der Waals surface area contributed by atoms with Crippen LogP contribution in [0.1, 0.15) is 18.7 Å². The van der Waals surface area contributed by atoms with E-state index in [1.54, 1.807) is 11.8 Å². The van der Waals surface area contributed by atoms with E-state index in [0.717, 1.165) is 22.2 Å². The molecule has 19 heavy (non-hydrogen) atoms. The number of nitrogens with one attached hydrogen (secondary N) is 1. The molecule has 1 N–H and O–H groups in total. The van der Waals surface area contributed by atoms with Crippen LogP contribution in [0.4, 0.5) is 0 Å². The maximum Gasteiger partial charge on any atom is 0.0584 e. The van der Waals surface area contributed by atoms with Gasteiger partial charge >= 0.3 is 0 Å². The van der Waals surface area contributed by atoms with E-state index in [1.807, 2.05) is 36.1 Å². The van der Waals surface area contributed by atoms with Crippen LogP contribution in [0.15, 0.2) is 41.4 Å². The Bertz CT molecular complexity index is 527. The first-order valence-electron chi connectivity index (χ1n) is 6.32. The first-order chi connectivity index (χ1) is 9.26. The van der Waals surface area contributed by atoms with Crippen molar-refractivity contribution in [3.05, 3.63) is 47.2 Å². The molecule has 102 valence electrons. The van der Waals surface area contributed by atoms with E-state index in [0.29, 0.717) is 0 Å². The molecule has 1 aromatic heterocycles. The van der Waals surface area contributed by atoms with Gasteiger partial charge in [-0.1, -0.05) is 23.7 Å². The van der Waals surface area contributed by atoms with Crippen molar-refractivity contribution in [2.24, 2.45) is 0 Å². The van der Waals surface area contributed by atoms with E-state index >= 15 is 0 Å². The number of halogens is 1. The standard InChI is InChI=1S/C14H18ClN3S/c1-3-18-13(8-9-17-18)12(16-2)10-19-14-7-5-4-6-11(14)15/h4-9,12,16H,3,10H2,1-2H3. The van der Waals surface area contributed by atoms with Crippen LogP contribution in [0.3, 0.4) is 0 Å². The number of hydrogen-bond acceptors (Lipinski definition) is 3. The second-order valence-electron chi connectivity index (χ2n) is 4.15. The van der Waals surface area contributed by atoms with Crippen molar-refractivity contribution in [1.82, 2.24) is 15.1 Å². The number of thioether (sulfide) groups is 1. The molecule has 0 saturated carbocycles. The molecule has 1 atom stereocenters. The smallest absolute Gasteiger partial charge is 0.0584 e. The number of benzene rings is 1. The lowest BCUT2D eigenvalue weighted by molar-refractivity contribution is 0.549.